The van der Waals surface area contributed by atoms with Crippen LogP contribution in [0.25, 0.3) is 11.3 Å². The van der Waals surface area contributed by atoms with Gasteiger partial charge in [-0.25, -0.2) is 4.98 Å². The highest BCUT2D eigenvalue weighted by atomic mass is 32.1. The molecule has 2 N–H and O–H groups in total. The van der Waals surface area contributed by atoms with Crippen molar-refractivity contribution in [3.05, 3.63) is 47.8 Å². The molecule has 0 bridgehead atoms. The van der Waals surface area contributed by atoms with E-state index in [1.807, 2.05) is 47.8 Å². The first kappa shape index (κ1) is 16.4. The molecule has 132 valence electrons. The molecule has 1 amide bonds. The lowest BCUT2D eigenvalue weighted by atomic mass is 10.1. The predicted molar refractivity (Wildman–Crippen MR) is 103 cm³/mol. The molecule has 1 aliphatic rings. The normalized spacial score (nSPS) is 12.5. The van der Waals surface area contributed by atoms with Gasteiger partial charge in [0.25, 0.3) is 0 Å². The van der Waals surface area contributed by atoms with E-state index in [-0.39, 0.29) is 5.91 Å². The quantitative estimate of drug-likeness (QED) is 0.720. The Morgan fingerprint density at radius 3 is 2.54 bits per heavy atom. The average Bonchev–Trinajstić information content (AvgIpc) is 3.10. The van der Waals surface area contributed by atoms with Gasteiger partial charge >= 0.3 is 0 Å². The summed E-state index contributed by atoms with van der Waals surface area (Å²) in [4.78, 5) is 15.7. The SMILES string of the molecule is CC(=O)Nc1ccc(-c2csc(Nc3ccc4c(c3)OCCO4)n2)cc1. The summed E-state index contributed by atoms with van der Waals surface area (Å²) in [6, 6.07) is 13.4. The number of hydrogen-bond donors (Lipinski definition) is 2. The molecular formula is C19H17N3O3S. The van der Waals surface area contributed by atoms with E-state index < -0.39 is 0 Å². The molecule has 2 aromatic carbocycles. The van der Waals surface area contributed by atoms with E-state index in [4.69, 9.17) is 9.47 Å². The van der Waals surface area contributed by atoms with Gasteiger partial charge < -0.3 is 20.1 Å². The first-order valence-electron chi connectivity index (χ1n) is 8.17. The Labute approximate surface area is 154 Å². The lowest BCUT2D eigenvalue weighted by Crippen LogP contribution is -2.15. The summed E-state index contributed by atoms with van der Waals surface area (Å²) in [6.07, 6.45) is 0. The minimum absolute atomic E-state index is 0.0858. The number of carbonyl (C=O) groups excluding carboxylic acids is 1. The molecule has 0 atom stereocenters. The number of anilines is 3. The smallest absolute Gasteiger partial charge is 0.221 e. The number of ether oxygens (including phenoxy) is 2. The maximum absolute atomic E-state index is 11.1. The monoisotopic (exact) mass is 367 g/mol. The Morgan fingerprint density at radius 2 is 1.77 bits per heavy atom. The third kappa shape index (κ3) is 3.62. The topological polar surface area (TPSA) is 72.5 Å². The van der Waals surface area contributed by atoms with Crippen molar-refractivity contribution in [1.82, 2.24) is 4.98 Å². The highest BCUT2D eigenvalue weighted by molar-refractivity contribution is 7.14. The van der Waals surface area contributed by atoms with Crippen LogP contribution in [0.5, 0.6) is 11.5 Å². The minimum atomic E-state index is -0.0858. The van der Waals surface area contributed by atoms with Gasteiger partial charge in [-0.2, -0.15) is 0 Å². The average molecular weight is 367 g/mol. The second kappa shape index (κ2) is 7.05. The molecule has 0 saturated carbocycles. The molecule has 1 aliphatic heterocycles. The van der Waals surface area contributed by atoms with Gasteiger partial charge in [-0.3, -0.25) is 4.79 Å². The summed E-state index contributed by atoms with van der Waals surface area (Å²) in [6.45, 7) is 2.63. The number of amides is 1. The number of nitrogens with one attached hydrogen (secondary N) is 2. The van der Waals surface area contributed by atoms with Gasteiger partial charge in [-0.05, 0) is 24.3 Å². The fourth-order valence-corrected chi connectivity index (χ4v) is 3.38. The summed E-state index contributed by atoms with van der Waals surface area (Å²) >= 11 is 1.53. The number of nitrogens with zero attached hydrogens (tertiary/aromatic N) is 1. The van der Waals surface area contributed by atoms with Crippen LogP contribution in [0.2, 0.25) is 0 Å². The Kier molecular flexibility index (Phi) is 4.45. The highest BCUT2D eigenvalue weighted by Gasteiger charge is 2.12. The van der Waals surface area contributed by atoms with Crippen LogP contribution in [0.3, 0.4) is 0 Å². The molecule has 26 heavy (non-hydrogen) atoms. The van der Waals surface area contributed by atoms with Crippen LogP contribution < -0.4 is 20.1 Å². The van der Waals surface area contributed by atoms with Gasteiger partial charge in [0.1, 0.15) is 13.2 Å². The van der Waals surface area contributed by atoms with Crippen molar-refractivity contribution in [2.45, 2.75) is 6.92 Å². The molecule has 0 unspecified atom stereocenters. The number of carbonyl (C=O) groups is 1. The van der Waals surface area contributed by atoms with Gasteiger partial charge in [-0.15, -0.1) is 11.3 Å². The van der Waals surface area contributed by atoms with E-state index in [1.165, 1.54) is 18.3 Å². The highest BCUT2D eigenvalue weighted by Crippen LogP contribution is 2.34. The number of benzene rings is 2. The first-order valence-corrected chi connectivity index (χ1v) is 9.05. The second-order valence-electron chi connectivity index (χ2n) is 5.78. The van der Waals surface area contributed by atoms with Crippen molar-refractivity contribution in [1.29, 1.82) is 0 Å². The summed E-state index contributed by atoms with van der Waals surface area (Å²) in [5.41, 5.74) is 3.54. The maximum atomic E-state index is 11.1. The molecule has 0 fully saturated rings. The van der Waals surface area contributed by atoms with Crippen LogP contribution in [0.4, 0.5) is 16.5 Å². The van der Waals surface area contributed by atoms with Crippen LogP contribution >= 0.6 is 11.3 Å². The van der Waals surface area contributed by atoms with E-state index in [0.29, 0.717) is 13.2 Å². The number of fused-ring (bicyclic) bond motifs is 1. The van der Waals surface area contributed by atoms with Gasteiger partial charge in [0, 0.05) is 35.3 Å². The molecule has 2 heterocycles. The molecule has 0 radical (unpaired) electrons. The standard InChI is InChI=1S/C19H17N3O3S/c1-12(23)20-14-4-2-13(3-5-14)16-11-26-19(22-16)21-15-6-7-17-18(10-15)25-9-8-24-17/h2-7,10-11H,8-9H2,1H3,(H,20,23)(H,21,22). The molecule has 0 spiro atoms. The fraction of sp³-hybridized carbons (Fsp3) is 0.158. The molecule has 7 heteroatoms. The number of hydrogen-bond acceptors (Lipinski definition) is 6. The van der Waals surface area contributed by atoms with E-state index in [1.54, 1.807) is 0 Å². The Bertz CT molecular complexity index is 937. The Balaban J connectivity index is 1.48. The number of rotatable bonds is 4. The molecular weight excluding hydrogens is 350 g/mol. The summed E-state index contributed by atoms with van der Waals surface area (Å²) in [5, 5.41) is 8.84. The molecule has 0 aliphatic carbocycles. The van der Waals surface area contributed by atoms with E-state index in [2.05, 4.69) is 15.6 Å². The lowest BCUT2D eigenvalue weighted by molar-refractivity contribution is -0.114. The third-order valence-electron chi connectivity index (χ3n) is 3.80. The summed E-state index contributed by atoms with van der Waals surface area (Å²) < 4.78 is 11.1. The Morgan fingerprint density at radius 1 is 1.04 bits per heavy atom. The van der Waals surface area contributed by atoms with Crippen LogP contribution in [0.15, 0.2) is 47.8 Å². The summed E-state index contributed by atoms with van der Waals surface area (Å²) in [5.74, 6) is 1.42. The van der Waals surface area contributed by atoms with Crippen molar-refractivity contribution in [3.63, 3.8) is 0 Å². The van der Waals surface area contributed by atoms with Gasteiger partial charge in [0.2, 0.25) is 5.91 Å². The molecule has 6 nitrogen and oxygen atoms in total. The first-order chi connectivity index (χ1) is 12.7. The van der Waals surface area contributed by atoms with Crippen molar-refractivity contribution < 1.29 is 14.3 Å². The summed E-state index contributed by atoms with van der Waals surface area (Å²) in [7, 11) is 0. The third-order valence-corrected chi connectivity index (χ3v) is 4.56. The predicted octanol–water partition coefficient (Wildman–Crippen LogP) is 4.28. The van der Waals surface area contributed by atoms with Crippen molar-refractivity contribution in [3.8, 4) is 22.8 Å². The Hall–Kier alpha value is -3.06. The fourth-order valence-electron chi connectivity index (χ4n) is 2.64. The molecule has 3 aromatic rings. The molecule has 4 rings (SSSR count). The van der Waals surface area contributed by atoms with Crippen LogP contribution in [-0.4, -0.2) is 24.1 Å². The van der Waals surface area contributed by atoms with Crippen molar-refractivity contribution >= 4 is 33.8 Å². The molecule has 0 saturated heterocycles. The van der Waals surface area contributed by atoms with Crippen LogP contribution in [0, 0.1) is 0 Å². The number of aromatic nitrogens is 1. The lowest BCUT2D eigenvalue weighted by Gasteiger charge is -2.18. The van der Waals surface area contributed by atoms with Gasteiger partial charge in [0.05, 0.1) is 5.69 Å². The second-order valence-corrected chi connectivity index (χ2v) is 6.64. The van der Waals surface area contributed by atoms with E-state index in [9.17, 15) is 4.79 Å². The van der Waals surface area contributed by atoms with E-state index >= 15 is 0 Å². The largest absolute Gasteiger partial charge is 0.486 e. The minimum Gasteiger partial charge on any atom is -0.486 e. The zero-order valence-electron chi connectivity index (χ0n) is 14.1. The van der Waals surface area contributed by atoms with Crippen LogP contribution in [0.1, 0.15) is 6.92 Å². The van der Waals surface area contributed by atoms with Gasteiger partial charge in [-0.1, -0.05) is 12.1 Å². The maximum Gasteiger partial charge on any atom is 0.221 e. The molecule has 1 aromatic heterocycles. The van der Waals surface area contributed by atoms with Crippen molar-refractivity contribution in [2.24, 2.45) is 0 Å². The van der Waals surface area contributed by atoms with Gasteiger partial charge in [0.15, 0.2) is 16.6 Å². The zero-order valence-corrected chi connectivity index (χ0v) is 14.9. The van der Waals surface area contributed by atoms with Crippen molar-refractivity contribution in [2.75, 3.05) is 23.8 Å². The van der Waals surface area contributed by atoms with E-state index in [0.717, 1.165) is 39.3 Å². The van der Waals surface area contributed by atoms with Crippen LogP contribution in [-0.2, 0) is 4.79 Å². The number of thiazole rings is 1. The zero-order chi connectivity index (χ0) is 17.9.